The quantitative estimate of drug-likeness (QED) is 0.721. The number of rotatable bonds is 8. The first-order valence-electron chi connectivity index (χ1n) is 8.32. The molecule has 0 spiro atoms. The molecule has 1 fully saturated rings. The summed E-state index contributed by atoms with van der Waals surface area (Å²) in [5.41, 5.74) is 0.769. The van der Waals surface area contributed by atoms with Crippen LogP contribution in [0.25, 0.3) is 0 Å². The van der Waals surface area contributed by atoms with E-state index in [1.807, 2.05) is 30.3 Å². The maximum atomic E-state index is 14.1. The number of carbonyl (C=O) groups is 1. The van der Waals surface area contributed by atoms with Gasteiger partial charge in [0.25, 0.3) is 0 Å². The number of hydrogen-bond donors (Lipinski definition) is 2. The highest BCUT2D eigenvalue weighted by Gasteiger charge is 2.23. The summed E-state index contributed by atoms with van der Waals surface area (Å²) in [5.74, 6) is 0.525. The highest BCUT2D eigenvalue weighted by atomic mass is 19.1. The third kappa shape index (κ3) is 4.93. The van der Waals surface area contributed by atoms with Gasteiger partial charge >= 0.3 is 0 Å². The van der Waals surface area contributed by atoms with Crippen LogP contribution in [0.3, 0.4) is 0 Å². The van der Waals surface area contributed by atoms with Crippen molar-refractivity contribution < 1.29 is 18.7 Å². The van der Waals surface area contributed by atoms with Crippen LogP contribution in [0.4, 0.5) is 4.39 Å². The van der Waals surface area contributed by atoms with Gasteiger partial charge in [-0.25, -0.2) is 4.39 Å². The van der Waals surface area contributed by atoms with Crippen LogP contribution in [0.15, 0.2) is 48.5 Å². The first kappa shape index (κ1) is 17.2. The molecular formula is C19H21FN2O3. The van der Waals surface area contributed by atoms with Crippen LogP contribution in [0, 0.1) is 5.82 Å². The lowest BCUT2D eigenvalue weighted by atomic mass is 10.2. The van der Waals surface area contributed by atoms with Crippen molar-refractivity contribution in [1.29, 1.82) is 0 Å². The van der Waals surface area contributed by atoms with Crippen molar-refractivity contribution in [3.05, 3.63) is 59.9 Å². The van der Waals surface area contributed by atoms with E-state index < -0.39 is 5.82 Å². The van der Waals surface area contributed by atoms with E-state index in [2.05, 4.69) is 10.6 Å². The predicted molar refractivity (Wildman–Crippen MR) is 92.1 cm³/mol. The minimum atomic E-state index is -0.421. The van der Waals surface area contributed by atoms with Gasteiger partial charge in [0, 0.05) is 13.1 Å². The second-order valence-electron chi connectivity index (χ2n) is 5.79. The van der Waals surface area contributed by atoms with Gasteiger partial charge in [0.1, 0.15) is 19.0 Å². The molecule has 0 bridgehead atoms. The zero-order valence-electron chi connectivity index (χ0n) is 13.8. The van der Waals surface area contributed by atoms with Crippen LogP contribution in [-0.2, 0) is 11.3 Å². The van der Waals surface area contributed by atoms with Gasteiger partial charge in [0.05, 0.1) is 6.04 Å². The number of benzene rings is 2. The number of hydrogen-bond acceptors (Lipinski definition) is 4. The number of para-hydroxylation sites is 1. The maximum absolute atomic E-state index is 14.1. The van der Waals surface area contributed by atoms with Gasteiger partial charge in [0.2, 0.25) is 5.91 Å². The topological polar surface area (TPSA) is 59.6 Å². The maximum Gasteiger partial charge on any atom is 0.237 e. The number of halogens is 1. The van der Waals surface area contributed by atoms with E-state index in [1.165, 1.54) is 6.07 Å². The minimum Gasteiger partial charge on any atom is -0.490 e. The smallest absolute Gasteiger partial charge is 0.237 e. The van der Waals surface area contributed by atoms with Crippen molar-refractivity contribution >= 4 is 5.91 Å². The average molecular weight is 344 g/mol. The second-order valence-corrected chi connectivity index (χ2v) is 5.79. The molecule has 25 heavy (non-hydrogen) atoms. The summed E-state index contributed by atoms with van der Waals surface area (Å²) in [4.78, 5) is 11.5. The molecule has 1 amide bonds. The summed E-state index contributed by atoms with van der Waals surface area (Å²) < 4.78 is 25.0. The zero-order chi connectivity index (χ0) is 17.5. The Kier molecular flexibility index (Phi) is 5.85. The van der Waals surface area contributed by atoms with Crippen LogP contribution < -0.4 is 20.1 Å². The van der Waals surface area contributed by atoms with Crippen LogP contribution in [0.2, 0.25) is 0 Å². The second kappa shape index (κ2) is 8.48. The first-order chi connectivity index (χ1) is 12.2. The molecule has 132 valence electrons. The number of ether oxygens (including phenoxy) is 2. The van der Waals surface area contributed by atoms with E-state index in [-0.39, 0.29) is 24.3 Å². The van der Waals surface area contributed by atoms with Gasteiger partial charge in [-0.05, 0) is 36.2 Å². The molecule has 1 heterocycles. The van der Waals surface area contributed by atoms with Crippen molar-refractivity contribution in [3.8, 4) is 11.5 Å². The van der Waals surface area contributed by atoms with E-state index in [4.69, 9.17) is 9.47 Å². The highest BCUT2D eigenvalue weighted by Crippen LogP contribution is 2.19. The van der Waals surface area contributed by atoms with Crippen LogP contribution in [0.5, 0.6) is 11.5 Å². The number of amides is 1. The zero-order valence-corrected chi connectivity index (χ0v) is 13.8. The first-order valence-corrected chi connectivity index (χ1v) is 8.32. The lowest BCUT2D eigenvalue weighted by Crippen LogP contribution is -2.35. The molecule has 1 aliphatic heterocycles. The number of nitrogens with one attached hydrogen (secondary N) is 2. The fraction of sp³-hybridized carbons (Fsp3) is 0.316. The number of carbonyl (C=O) groups excluding carboxylic acids is 1. The molecule has 1 unspecified atom stereocenters. The van der Waals surface area contributed by atoms with Crippen LogP contribution in [-0.4, -0.2) is 31.7 Å². The third-order valence-corrected chi connectivity index (χ3v) is 3.95. The van der Waals surface area contributed by atoms with E-state index >= 15 is 0 Å². The molecule has 1 aliphatic rings. The fourth-order valence-corrected chi connectivity index (χ4v) is 2.63. The summed E-state index contributed by atoms with van der Waals surface area (Å²) in [7, 11) is 0. The average Bonchev–Trinajstić information content (AvgIpc) is 3.04. The Bertz CT molecular complexity index is 709. The third-order valence-electron chi connectivity index (χ3n) is 3.95. The monoisotopic (exact) mass is 344 g/mol. The molecule has 0 radical (unpaired) electrons. The lowest BCUT2D eigenvalue weighted by molar-refractivity contribution is -0.120. The Morgan fingerprint density at radius 2 is 1.92 bits per heavy atom. The van der Waals surface area contributed by atoms with E-state index in [0.29, 0.717) is 19.7 Å². The van der Waals surface area contributed by atoms with Crippen LogP contribution >= 0.6 is 0 Å². The summed E-state index contributed by atoms with van der Waals surface area (Å²) in [6.45, 7) is 1.71. The van der Waals surface area contributed by atoms with Gasteiger partial charge in [-0.1, -0.05) is 24.3 Å². The molecular weight excluding hydrogens is 323 g/mol. The van der Waals surface area contributed by atoms with E-state index in [1.54, 1.807) is 12.1 Å². The van der Waals surface area contributed by atoms with Gasteiger partial charge in [-0.2, -0.15) is 0 Å². The molecule has 1 saturated heterocycles. The summed E-state index contributed by atoms with van der Waals surface area (Å²) in [6, 6.07) is 14.0. The van der Waals surface area contributed by atoms with Gasteiger partial charge in [0.15, 0.2) is 11.6 Å². The van der Waals surface area contributed by atoms with Crippen LogP contribution in [0.1, 0.15) is 12.0 Å². The molecule has 2 N–H and O–H groups in total. The summed E-state index contributed by atoms with van der Waals surface area (Å²) in [5, 5.41) is 5.88. The molecule has 2 aromatic carbocycles. The predicted octanol–water partition coefficient (Wildman–Crippen LogP) is 2.26. The van der Waals surface area contributed by atoms with Gasteiger partial charge < -0.3 is 20.1 Å². The Morgan fingerprint density at radius 1 is 1.12 bits per heavy atom. The fourth-order valence-electron chi connectivity index (χ4n) is 2.63. The lowest BCUT2D eigenvalue weighted by Gasteiger charge is -2.12. The standard InChI is InChI=1S/C19H21FN2O3/c20-16-12-14(13-22-17-8-9-21-19(17)23)6-7-18(16)25-11-10-24-15-4-2-1-3-5-15/h1-7,12,17,22H,8-11,13H2,(H,21,23). The molecule has 3 rings (SSSR count). The van der Waals surface area contributed by atoms with Crippen molar-refractivity contribution in [3.63, 3.8) is 0 Å². The molecule has 6 heteroatoms. The summed E-state index contributed by atoms with van der Waals surface area (Å²) in [6.07, 6.45) is 0.754. The van der Waals surface area contributed by atoms with Gasteiger partial charge in [-0.15, -0.1) is 0 Å². The normalized spacial score (nSPS) is 16.5. The van der Waals surface area contributed by atoms with Gasteiger partial charge in [-0.3, -0.25) is 4.79 Å². The Morgan fingerprint density at radius 3 is 2.64 bits per heavy atom. The highest BCUT2D eigenvalue weighted by molar-refractivity contribution is 5.83. The molecule has 2 aromatic rings. The SMILES string of the molecule is O=C1NCCC1NCc1ccc(OCCOc2ccccc2)c(F)c1. The van der Waals surface area contributed by atoms with Crippen molar-refractivity contribution in [1.82, 2.24) is 10.6 Å². The van der Waals surface area contributed by atoms with Crippen molar-refractivity contribution in [2.45, 2.75) is 19.0 Å². The van der Waals surface area contributed by atoms with E-state index in [9.17, 15) is 9.18 Å². The van der Waals surface area contributed by atoms with Crippen molar-refractivity contribution in [2.75, 3.05) is 19.8 Å². The Hall–Kier alpha value is -2.60. The Balaban J connectivity index is 1.44. The Labute approximate surface area is 146 Å². The molecule has 0 aliphatic carbocycles. The van der Waals surface area contributed by atoms with E-state index in [0.717, 1.165) is 17.7 Å². The molecule has 0 aromatic heterocycles. The van der Waals surface area contributed by atoms with Crippen molar-refractivity contribution in [2.24, 2.45) is 0 Å². The largest absolute Gasteiger partial charge is 0.490 e. The molecule has 0 saturated carbocycles. The minimum absolute atomic E-state index is 0.00107. The molecule has 1 atom stereocenters. The summed E-state index contributed by atoms with van der Waals surface area (Å²) >= 11 is 0. The molecule has 5 nitrogen and oxygen atoms in total.